The van der Waals surface area contributed by atoms with E-state index in [2.05, 4.69) is 23.5 Å². The summed E-state index contributed by atoms with van der Waals surface area (Å²) in [5, 5.41) is 4.09. The van der Waals surface area contributed by atoms with Gasteiger partial charge in [-0.3, -0.25) is 4.79 Å². The quantitative estimate of drug-likeness (QED) is 0.591. The van der Waals surface area contributed by atoms with E-state index in [1.165, 1.54) is 23.3 Å². The predicted molar refractivity (Wildman–Crippen MR) is 106 cm³/mol. The van der Waals surface area contributed by atoms with Crippen molar-refractivity contribution in [2.45, 2.75) is 39.5 Å². The molecule has 0 radical (unpaired) electrons. The molecule has 1 heterocycles. The Kier molecular flexibility index (Phi) is 5.82. The van der Waals surface area contributed by atoms with E-state index in [9.17, 15) is 4.79 Å². The van der Waals surface area contributed by atoms with Crippen LogP contribution in [0.25, 0.3) is 6.08 Å². The smallest absolute Gasteiger partial charge is 0.266 e. The molecular weight excluding hydrogens is 328 g/mol. The zero-order valence-electron chi connectivity index (χ0n) is 14.8. The van der Waals surface area contributed by atoms with Gasteiger partial charge in [-0.1, -0.05) is 49.8 Å². The lowest BCUT2D eigenvalue weighted by Gasteiger charge is -2.19. The Balaban J connectivity index is 1.60. The normalized spacial score (nSPS) is 17.5. The molecule has 0 saturated carbocycles. The van der Waals surface area contributed by atoms with Crippen molar-refractivity contribution in [2.24, 2.45) is 11.0 Å². The zero-order valence-corrected chi connectivity index (χ0v) is 15.6. The molecule has 0 unspecified atom stereocenters. The zero-order chi connectivity index (χ0) is 17.6. The Labute approximate surface area is 153 Å². The van der Waals surface area contributed by atoms with Gasteiger partial charge in [0.25, 0.3) is 5.91 Å². The lowest BCUT2D eigenvalue weighted by molar-refractivity contribution is 0.0959. The summed E-state index contributed by atoms with van der Waals surface area (Å²) in [4.78, 5) is 14.5. The average molecular weight is 353 g/mol. The minimum atomic E-state index is -0.115. The van der Waals surface area contributed by atoms with Crippen LogP contribution in [0.3, 0.4) is 0 Å². The molecule has 4 heteroatoms. The van der Waals surface area contributed by atoms with Gasteiger partial charge in [0.2, 0.25) is 0 Å². The van der Waals surface area contributed by atoms with Crippen LogP contribution in [-0.4, -0.2) is 12.1 Å². The number of thiophene rings is 1. The lowest BCUT2D eigenvalue weighted by atomic mass is 9.87. The van der Waals surface area contributed by atoms with E-state index in [0.717, 1.165) is 34.8 Å². The molecule has 1 N–H and O–H groups in total. The van der Waals surface area contributed by atoms with Crippen molar-refractivity contribution in [2.75, 3.05) is 0 Å². The lowest BCUT2D eigenvalue weighted by Crippen LogP contribution is -2.16. The number of nitrogens with one attached hydrogen (secondary N) is 1. The van der Waals surface area contributed by atoms with Gasteiger partial charge < -0.3 is 0 Å². The van der Waals surface area contributed by atoms with Crippen molar-refractivity contribution in [3.05, 3.63) is 62.9 Å². The molecule has 0 saturated heterocycles. The summed E-state index contributed by atoms with van der Waals surface area (Å²) >= 11 is 1.62. The van der Waals surface area contributed by atoms with E-state index in [4.69, 9.17) is 0 Å². The summed E-state index contributed by atoms with van der Waals surface area (Å²) in [5.74, 6) is 0.651. The van der Waals surface area contributed by atoms with Crippen LogP contribution in [0.15, 0.2) is 47.1 Å². The number of hydrogen-bond acceptors (Lipinski definition) is 3. The second kappa shape index (κ2) is 8.26. The molecular formula is C21H24N2OS. The van der Waals surface area contributed by atoms with E-state index >= 15 is 0 Å². The molecule has 1 aliphatic carbocycles. The minimum absolute atomic E-state index is 0.115. The fourth-order valence-corrected chi connectivity index (χ4v) is 4.25. The number of rotatable bonds is 5. The van der Waals surface area contributed by atoms with Crippen LogP contribution in [0, 0.1) is 5.92 Å². The van der Waals surface area contributed by atoms with Gasteiger partial charge in [0.05, 0.1) is 11.1 Å². The third kappa shape index (κ3) is 4.67. The first kappa shape index (κ1) is 17.6. The Hall–Kier alpha value is -2.20. The Morgan fingerprint density at radius 3 is 2.92 bits per heavy atom. The molecule has 130 valence electrons. The molecule has 1 atom stereocenters. The highest BCUT2D eigenvalue weighted by Crippen LogP contribution is 2.33. The minimum Gasteiger partial charge on any atom is -0.266 e. The molecule has 1 aliphatic rings. The molecule has 0 fully saturated rings. The summed E-state index contributed by atoms with van der Waals surface area (Å²) in [5.41, 5.74) is 6.12. The van der Waals surface area contributed by atoms with Crippen LogP contribution >= 0.6 is 11.3 Å². The Morgan fingerprint density at radius 2 is 2.16 bits per heavy atom. The molecule has 3 nitrogen and oxygen atoms in total. The number of fused-ring (bicyclic) bond motifs is 1. The standard InChI is InChI=1S/C21H24N2OS/c1-3-16-9-10-19-18(12-16)13-20(25-19)21(24)23-22-14-15(2)11-17-7-5-4-6-8-17/h4-8,11,13-14,16H,3,9-10,12H2,1-2H3,(H,23,24)/b15-11+,22-14-/t16-/m0/s1. The van der Waals surface area contributed by atoms with E-state index in [0.29, 0.717) is 0 Å². The SMILES string of the molecule is CC[C@H]1CCc2sc(C(=O)N/N=C\C(C)=C\c3ccccc3)cc2C1. The molecule has 0 spiro atoms. The molecule has 1 aromatic heterocycles. The number of amides is 1. The summed E-state index contributed by atoms with van der Waals surface area (Å²) in [7, 11) is 0. The number of carbonyl (C=O) groups excluding carboxylic acids is 1. The van der Waals surface area contributed by atoms with Crippen molar-refractivity contribution < 1.29 is 4.79 Å². The number of allylic oxidation sites excluding steroid dienone is 1. The van der Waals surface area contributed by atoms with E-state index < -0.39 is 0 Å². The van der Waals surface area contributed by atoms with Crippen molar-refractivity contribution in [3.63, 3.8) is 0 Å². The van der Waals surface area contributed by atoms with Gasteiger partial charge in [-0.25, -0.2) is 5.43 Å². The van der Waals surface area contributed by atoms with E-state index in [-0.39, 0.29) is 5.91 Å². The molecule has 1 aromatic carbocycles. The Morgan fingerprint density at radius 1 is 1.36 bits per heavy atom. The maximum Gasteiger partial charge on any atom is 0.281 e. The fraction of sp³-hybridized carbons (Fsp3) is 0.333. The monoisotopic (exact) mass is 352 g/mol. The third-order valence-corrected chi connectivity index (χ3v) is 5.85. The number of aryl methyl sites for hydroxylation is 1. The second-order valence-corrected chi connectivity index (χ2v) is 7.71. The highest BCUT2D eigenvalue weighted by molar-refractivity contribution is 7.14. The molecule has 2 aromatic rings. The van der Waals surface area contributed by atoms with Crippen LogP contribution in [-0.2, 0) is 12.8 Å². The van der Waals surface area contributed by atoms with E-state index in [1.807, 2.05) is 43.3 Å². The van der Waals surface area contributed by atoms with Gasteiger partial charge in [-0.05, 0) is 54.9 Å². The van der Waals surface area contributed by atoms with Gasteiger partial charge in [0, 0.05) is 4.88 Å². The molecule has 25 heavy (non-hydrogen) atoms. The van der Waals surface area contributed by atoms with Gasteiger partial charge >= 0.3 is 0 Å². The van der Waals surface area contributed by atoms with Gasteiger partial charge in [0.1, 0.15) is 0 Å². The predicted octanol–water partition coefficient (Wildman–Crippen LogP) is 5.08. The van der Waals surface area contributed by atoms with Gasteiger partial charge in [-0.2, -0.15) is 5.10 Å². The van der Waals surface area contributed by atoms with Crippen LogP contribution in [0.5, 0.6) is 0 Å². The number of carbonyl (C=O) groups is 1. The average Bonchev–Trinajstić information content (AvgIpc) is 3.05. The van der Waals surface area contributed by atoms with Crippen molar-refractivity contribution >= 4 is 29.5 Å². The maximum atomic E-state index is 12.3. The molecule has 1 amide bonds. The van der Waals surface area contributed by atoms with Crippen LogP contribution in [0.2, 0.25) is 0 Å². The number of hydrazone groups is 1. The van der Waals surface area contributed by atoms with Crippen LogP contribution < -0.4 is 5.43 Å². The third-order valence-electron chi connectivity index (χ3n) is 4.61. The van der Waals surface area contributed by atoms with Crippen molar-refractivity contribution in [1.82, 2.24) is 5.43 Å². The number of benzene rings is 1. The second-order valence-electron chi connectivity index (χ2n) is 6.57. The molecule has 3 rings (SSSR count). The van der Waals surface area contributed by atoms with Crippen molar-refractivity contribution in [3.8, 4) is 0 Å². The largest absolute Gasteiger partial charge is 0.281 e. The van der Waals surface area contributed by atoms with Crippen LogP contribution in [0.1, 0.15) is 52.4 Å². The number of hydrogen-bond donors (Lipinski definition) is 1. The Bertz CT molecular complexity index is 789. The first-order valence-electron chi connectivity index (χ1n) is 8.84. The summed E-state index contributed by atoms with van der Waals surface area (Å²) in [6, 6.07) is 12.1. The summed E-state index contributed by atoms with van der Waals surface area (Å²) < 4.78 is 0. The number of nitrogens with zero attached hydrogens (tertiary/aromatic N) is 1. The summed E-state index contributed by atoms with van der Waals surface area (Å²) in [6.07, 6.45) is 8.39. The van der Waals surface area contributed by atoms with Gasteiger partial charge in [-0.15, -0.1) is 11.3 Å². The van der Waals surface area contributed by atoms with Gasteiger partial charge in [0.15, 0.2) is 0 Å². The topological polar surface area (TPSA) is 41.5 Å². The van der Waals surface area contributed by atoms with E-state index in [1.54, 1.807) is 17.6 Å². The maximum absolute atomic E-state index is 12.3. The molecule has 0 bridgehead atoms. The first-order chi connectivity index (χ1) is 12.2. The molecule has 0 aliphatic heterocycles. The van der Waals surface area contributed by atoms with Crippen LogP contribution in [0.4, 0.5) is 0 Å². The first-order valence-corrected chi connectivity index (χ1v) is 9.65. The highest BCUT2D eigenvalue weighted by Gasteiger charge is 2.21. The fourth-order valence-electron chi connectivity index (χ4n) is 3.16. The summed E-state index contributed by atoms with van der Waals surface area (Å²) in [6.45, 7) is 4.22. The van der Waals surface area contributed by atoms with Crippen molar-refractivity contribution in [1.29, 1.82) is 0 Å². The highest BCUT2D eigenvalue weighted by atomic mass is 32.1.